The number of rotatable bonds is 1. The molecule has 0 saturated carbocycles. The molecule has 0 aromatic carbocycles. The van der Waals surface area contributed by atoms with Gasteiger partial charge in [-0.2, -0.15) is 18.2 Å². The molecular weight excluding hydrogens is 413 g/mol. The zero-order valence-corrected chi connectivity index (χ0v) is 13.3. The van der Waals surface area contributed by atoms with Crippen molar-refractivity contribution in [3.63, 3.8) is 0 Å². The maximum absolute atomic E-state index is 8.36. The summed E-state index contributed by atoms with van der Waals surface area (Å²) in [5, 5.41) is 6.89. The Bertz CT molecular complexity index is 294. The van der Waals surface area contributed by atoms with Crippen LogP contribution in [0.4, 0.5) is 0 Å². The van der Waals surface area contributed by atoms with Crippen LogP contribution in [0.15, 0.2) is 35.0 Å². The topological polar surface area (TPSA) is 49.7 Å². The monoisotopic (exact) mass is 431 g/mol. The average Bonchev–Trinajstić information content (AvgIpc) is 2.93. The summed E-state index contributed by atoms with van der Waals surface area (Å²) < 4.78 is 0. The number of aliphatic imine (C=N–C) groups is 1. The third-order valence-electron chi connectivity index (χ3n) is 1.69. The van der Waals surface area contributed by atoms with E-state index in [1.54, 1.807) is 0 Å². The molecule has 0 aromatic heterocycles. The van der Waals surface area contributed by atoms with Gasteiger partial charge in [0.25, 0.3) is 6.47 Å². The molecule has 0 spiro atoms. The van der Waals surface area contributed by atoms with Gasteiger partial charge < -0.3 is 10.1 Å². The zero-order valence-electron chi connectivity index (χ0n) is 9.94. The smallest absolute Gasteiger partial charge is 0.290 e. The van der Waals surface area contributed by atoms with Gasteiger partial charge in [-0.25, -0.2) is 0 Å². The molecule has 17 heavy (non-hydrogen) atoms. The minimum atomic E-state index is -0.250. The number of carboxylic acid groups (broad SMARTS) is 1. The Morgan fingerprint density at radius 1 is 1.41 bits per heavy atom. The van der Waals surface area contributed by atoms with Gasteiger partial charge in [-0.3, -0.25) is 4.79 Å². The predicted molar refractivity (Wildman–Crippen MR) is 70.6 cm³/mol. The van der Waals surface area contributed by atoms with Gasteiger partial charge in [-0.15, -0.1) is 14.2 Å². The first-order valence-corrected chi connectivity index (χ1v) is 6.95. The molecule has 1 radical (unpaired) electrons. The molecule has 1 N–H and O–H groups in total. The Morgan fingerprint density at radius 3 is 2.35 bits per heavy atom. The van der Waals surface area contributed by atoms with Crippen LogP contribution in [0.25, 0.3) is 0 Å². The quantitative estimate of drug-likeness (QED) is 0.395. The first-order valence-electron chi connectivity index (χ1n) is 4.95. The normalized spacial score (nSPS) is 14.5. The Hall–Kier alpha value is -0.561. The minimum Gasteiger partial charge on any atom is -0.483 e. The van der Waals surface area contributed by atoms with Crippen molar-refractivity contribution in [1.29, 1.82) is 0 Å². The summed E-state index contributed by atoms with van der Waals surface area (Å²) in [6.07, 6.45) is 13.2. The summed E-state index contributed by atoms with van der Waals surface area (Å²) in [5.41, 5.74) is 2.44. The van der Waals surface area contributed by atoms with E-state index in [-0.39, 0.29) is 26.6 Å². The van der Waals surface area contributed by atoms with Crippen LogP contribution in [-0.2, 0) is 24.9 Å². The van der Waals surface area contributed by atoms with Crippen molar-refractivity contribution < 1.29 is 30.0 Å². The molecule has 1 aliphatic carbocycles. The van der Waals surface area contributed by atoms with E-state index < -0.39 is 0 Å². The van der Waals surface area contributed by atoms with E-state index in [2.05, 4.69) is 36.6 Å². The van der Waals surface area contributed by atoms with E-state index in [1.807, 2.05) is 12.3 Å². The summed E-state index contributed by atoms with van der Waals surface area (Å²) >= 11 is 0. The maximum Gasteiger partial charge on any atom is 0.290 e. The largest absolute Gasteiger partial charge is 0.483 e. The second-order valence-corrected chi connectivity index (χ2v) is 4.00. The molecule has 0 amide bonds. The van der Waals surface area contributed by atoms with Crippen LogP contribution in [0.3, 0.4) is 0 Å². The van der Waals surface area contributed by atoms with Crippen molar-refractivity contribution >= 4 is 20.8 Å². The fourth-order valence-corrected chi connectivity index (χ4v) is 1.16. The van der Waals surface area contributed by atoms with Crippen LogP contribution in [-0.4, -0.2) is 30.6 Å². The van der Waals surface area contributed by atoms with Crippen molar-refractivity contribution in [1.82, 2.24) is 0 Å². The van der Waals surface area contributed by atoms with Crippen molar-refractivity contribution in [2.45, 2.75) is 12.8 Å². The first kappa shape index (κ1) is 18.8. The Morgan fingerprint density at radius 2 is 2.00 bits per heavy atom. The van der Waals surface area contributed by atoms with Crippen LogP contribution in [0, 0.1) is 6.08 Å². The third kappa shape index (κ3) is 9.17. The van der Waals surface area contributed by atoms with E-state index in [0.29, 0.717) is 0 Å². The molecule has 2 aliphatic rings. The molecule has 1 heterocycles. The van der Waals surface area contributed by atoms with Gasteiger partial charge in [-0.05, 0) is 19.8 Å². The van der Waals surface area contributed by atoms with Crippen LogP contribution in [0.5, 0.6) is 0 Å². The number of nitrogens with zero attached hydrogens (tertiary/aromatic N) is 1. The molecule has 0 saturated heterocycles. The van der Waals surface area contributed by atoms with Crippen LogP contribution < -0.4 is 0 Å². The summed E-state index contributed by atoms with van der Waals surface area (Å²) in [5.74, 6) is 0. The van der Waals surface area contributed by atoms with Gasteiger partial charge >= 0.3 is 0 Å². The molecule has 0 unspecified atom stereocenters. The fourth-order valence-electron chi connectivity index (χ4n) is 1.16. The molecule has 1 aliphatic heterocycles. The summed E-state index contributed by atoms with van der Waals surface area (Å²) in [7, 11) is 1.08. The molecule has 97 valence electrons. The third-order valence-corrected chi connectivity index (χ3v) is 1.69. The fraction of sp³-hybridized carbons (Fsp3) is 0.333. The van der Waals surface area contributed by atoms with E-state index >= 15 is 0 Å². The van der Waals surface area contributed by atoms with Gasteiger partial charge in [0.15, 0.2) is 0 Å². The van der Waals surface area contributed by atoms with Gasteiger partial charge in [0.05, 0.1) is 0 Å². The second kappa shape index (κ2) is 13.5. The average molecular weight is 430 g/mol. The Labute approximate surface area is 118 Å². The second-order valence-electron chi connectivity index (χ2n) is 3.00. The zero-order chi connectivity index (χ0) is 12.2. The number of carbonyl (C=O) groups is 1. The van der Waals surface area contributed by atoms with Crippen LogP contribution >= 0.6 is 8.58 Å². The van der Waals surface area contributed by atoms with Gasteiger partial charge in [0, 0.05) is 26.3 Å². The molecule has 0 bridgehead atoms. The molecule has 0 fully saturated rings. The SMILES string of the molecule is CPC.O=CO.[C-]1=C(C2=NC=CC2)CC=C1.[Ir]. The van der Waals surface area contributed by atoms with E-state index in [4.69, 9.17) is 9.90 Å². The first-order chi connectivity index (χ1) is 7.79. The van der Waals surface area contributed by atoms with Gasteiger partial charge in [0.2, 0.25) is 0 Å². The predicted octanol–water partition coefficient (Wildman–Crippen LogP) is 2.66. The maximum atomic E-state index is 8.36. The van der Waals surface area contributed by atoms with Crippen molar-refractivity contribution in [2.24, 2.45) is 4.99 Å². The van der Waals surface area contributed by atoms with Crippen molar-refractivity contribution in [2.75, 3.05) is 13.3 Å². The minimum absolute atomic E-state index is 0. The summed E-state index contributed by atoms with van der Waals surface area (Å²) in [6.45, 7) is 4.06. The number of allylic oxidation sites excluding steroid dienone is 5. The van der Waals surface area contributed by atoms with Crippen molar-refractivity contribution in [3.05, 3.63) is 36.1 Å². The molecular formula is C12H17IrNO2P-. The number of hydrogen-bond acceptors (Lipinski definition) is 2. The standard InChI is InChI=1S/C9H8N.C2H7P.CH2O2.Ir/c1-2-5-8(4-1)9-6-3-7-10-9;1-3-2;2-1-3;/h1-3,7H,4,6H2;3H,1-2H3;1H,(H,2,3);/q-1;;;. The Kier molecular flexibility index (Phi) is 14.9. The molecule has 0 atom stereocenters. The van der Waals surface area contributed by atoms with Crippen LogP contribution in [0.1, 0.15) is 12.8 Å². The van der Waals surface area contributed by atoms with E-state index in [1.165, 1.54) is 11.3 Å². The summed E-state index contributed by atoms with van der Waals surface area (Å²) in [6, 6.07) is 0. The molecule has 3 nitrogen and oxygen atoms in total. The molecule has 2 rings (SSSR count). The Balaban J connectivity index is 0. The molecule has 0 aromatic rings. The molecule has 5 heteroatoms. The van der Waals surface area contributed by atoms with Gasteiger partial charge in [-0.1, -0.05) is 18.2 Å². The van der Waals surface area contributed by atoms with E-state index in [9.17, 15) is 0 Å². The van der Waals surface area contributed by atoms with E-state index in [0.717, 1.165) is 21.4 Å². The van der Waals surface area contributed by atoms with Crippen LogP contribution in [0.2, 0.25) is 0 Å². The summed E-state index contributed by atoms with van der Waals surface area (Å²) in [4.78, 5) is 12.6. The number of hydrogen-bond donors (Lipinski definition) is 1. The van der Waals surface area contributed by atoms with Crippen molar-refractivity contribution in [3.8, 4) is 0 Å². The van der Waals surface area contributed by atoms with Gasteiger partial charge in [0.1, 0.15) is 0 Å².